The maximum absolute atomic E-state index is 9.19. The van der Waals surface area contributed by atoms with Crippen molar-refractivity contribution in [3.8, 4) is 17.2 Å². The van der Waals surface area contributed by atoms with E-state index in [4.69, 9.17) is 0 Å². The molecule has 2 aromatic rings. The quantitative estimate of drug-likeness (QED) is 0.839. The van der Waals surface area contributed by atoms with Crippen molar-refractivity contribution in [2.75, 3.05) is 13.1 Å². The van der Waals surface area contributed by atoms with Gasteiger partial charge in [0.25, 0.3) is 0 Å². The zero-order valence-electron chi connectivity index (χ0n) is 12.3. The van der Waals surface area contributed by atoms with E-state index in [9.17, 15) is 5.26 Å². The van der Waals surface area contributed by atoms with E-state index in [1.165, 1.54) is 37.9 Å². The van der Waals surface area contributed by atoms with E-state index >= 15 is 0 Å². The fourth-order valence-electron chi connectivity index (χ4n) is 3.00. The first-order valence-corrected chi connectivity index (χ1v) is 7.67. The summed E-state index contributed by atoms with van der Waals surface area (Å²) in [6.07, 6.45) is 4.03. The van der Waals surface area contributed by atoms with Crippen molar-refractivity contribution in [1.29, 1.82) is 5.26 Å². The van der Waals surface area contributed by atoms with Crippen LogP contribution in [0.2, 0.25) is 0 Å². The molecule has 2 nitrogen and oxygen atoms in total. The smallest absolute Gasteiger partial charge is 0.0998 e. The Balaban J connectivity index is 1.76. The molecule has 2 aromatic carbocycles. The Morgan fingerprint density at radius 1 is 0.905 bits per heavy atom. The molecule has 1 heterocycles. The van der Waals surface area contributed by atoms with Gasteiger partial charge < -0.3 is 0 Å². The zero-order chi connectivity index (χ0) is 14.5. The number of nitrogens with zero attached hydrogens (tertiary/aromatic N) is 2. The highest BCUT2D eigenvalue weighted by molar-refractivity contribution is 5.70. The van der Waals surface area contributed by atoms with Crippen molar-refractivity contribution in [3.63, 3.8) is 0 Å². The minimum Gasteiger partial charge on any atom is -0.299 e. The molecule has 0 amide bonds. The first kappa shape index (κ1) is 13.9. The lowest BCUT2D eigenvalue weighted by molar-refractivity contribution is 0.221. The van der Waals surface area contributed by atoms with E-state index in [1.807, 2.05) is 24.3 Å². The summed E-state index contributed by atoms with van der Waals surface area (Å²) >= 11 is 0. The number of piperidine rings is 1. The molecule has 21 heavy (non-hydrogen) atoms. The van der Waals surface area contributed by atoms with Gasteiger partial charge in [-0.15, -0.1) is 0 Å². The highest BCUT2D eigenvalue weighted by atomic mass is 15.1. The van der Waals surface area contributed by atoms with Crippen LogP contribution in [0, 0.1) is 11.3 Å². The van der Waals surface area contributed by atoms with E-state index in [0.717, 1.165) is 23.2 Å². The van der Waals surface area contributed by atoms with Gasteiger partial charge in [-0.25, -0.2) is 0 Å². The Morgan fingerprint density at radius 2 is 1.62 bits per heavy atom. The Kier molecular flexibility index (Phi) is 4.33. The topological polar surface area (TPSA) is 27.0 Å². The van der Waals surface area contributed by atoms with E-state index in [2.05, 4.69) is 35.2 Å². The third-order valence-corrected chi connectivity index (χ3v) is 4.17. The lowest BCUT2D eigenvalue weighted by Crippen LogP contribution is -2.28. The fraction of sp³-hybridized carbons (Fsp3) is 0.316. The van der Waals surface area contributed by atoms with Crippen molar-refractivity contribution in [2.45, 2.75) is 25.8 Å². The monoisotopic (exact) mass is 276 g/mol. The second kappa shape index (κ2) is 6.56. The Morgan fingerprint density at radius 3 is 2.33 bits per heavy atom. The Labute approximate surface area is 126 Å². The molecule has 0 atom stereocenters. The van der Waals surface area contributed by atoms with Gasteiger partial charge in [0.2, 0.25) is 0 Å². The summed E-state index contributed by atoms with van der Waals surface area (Å²) in [5, 5.41) is 9.19. The largest absolute Gasteiger partial charge is 0.299 e. The van der Waals surface area contributed by atoms with Crippen LogP contribution < -0.4 is 0 Å². The predicted octanol–water partition coefficient (Wildman–Crippen LogP) is 4.21. The molecule has 1 fully saturated rings. The van der Waals surface area contributed by atoms with Crippen LogP contribution in [0.4, 0.5) is 0 Å². The van der Waals surface area contributed by atoms with Gasteiger partial charge in [0.1, 0.15) is 0 Å². The summed E-state index contributed by atoms with van der Waals surface area (Å²) in [6.45, 7) is 3.48. The summed E-state index contributed by atoms with van der Waals surface area (Å²) in [7, 11) is 0. The molecule has 0 radical (unpaired) electrons. The lowest BCUT2D eigenvalue weighted by Gasteiger charge is -2.26. The highest BCUT2D eigenvalue weighted by Gasteiger charge is 2.10. The van der Waals surface area contributed by atoms with Crippen LogP contribution in [0.25, 0.3) is 11.1 Å². The van der Waals surface area contributed by atoms with Crippen LogP contribution in [0.5, 0.6) is 0 Å². The highest BCUT2D eigenvalue weighted by Crippen LogP contribution is 2.24. The first-order valence-electron chi connectivity index (χ1n) is 7.67. The van der Waals surface area contributed by atoms with Gasteiger partial charge in [0.05, 0.1) is 11.6 Å². The molecule has 1 aliphatic heterocycles. The normalized spacial score (nSPS) is 15.6. The standard InChI is InChI=1S/C19H20N2/c20-14-18-6-2-3-7-19(18)17-10-8-16(9-11-17)15-21-12-4-1-5-13-21/h2-3,6-11H,1,4-5,12-13,15H2. The Hall–Kier alpha value is -2.11. The van der Waals surface area contributed by atoms with Crippen LogP contribution in [-0.4, -0.2) is 18.0 Å². The molecule has 1 aliphatic rings. The molecular formula is C19H20N2. The summed E-state index contributed by atoms with van der Waals surface area (Å²) in [5.74, 6) is 0. The van der Waals surface area contributed by atoms with Crippen LogP contribution >= 0.6 is 0 Å². The minimum absolute atomic E-state index is 0.737. The maximum atomic E-state index is 9.19. The van der Waals surface area contributed by atoms with Gasteiger partial charge in [0, 0.05) is 6.54 Å². The first-order chi connectivity index (χ1) is 10.4. The molecule has 106 valence electrons. The van der Waals surface area contributed by atoms with Crippen LogP contribution in [0.3, 0.4) is 0 Å². The molecule has 1 saturated heterocycles. The molecule has 0 aliphatic carbocycles. The van der Waals surface area contributed by atoms with Crippen molar-refractivity contribution in [3.05, 3.63) is 59.7 Å². The van der Waals surface area contributed by atoms with Crippen molar-refractivity contribution in [1.82, 2.24) is 4.90 Å². The number of nitriles is 1. The molecule has 0 aromatic heterocycles. The third kappa shape index (κ3) is 3.32. The molecule has 0 N–H and O–H groups in total. The van der Waals surface area contributed by atoms with Crippen molar-refractivity contribution < 1.29 is 0 Å². The van der Waals surface area contributed by atoms with Gasteiger partial charge in [0.15, 0.2) is 0 Å². The van der Waals surface area contributed by atoms with Crippen LogP contribution in [0.15, 0.2) is 48.5 Å². The third-order valence-electron chi connectivity index (χ3n) is 4.17. The van der Waals surface area contributed by atoms with E-state index in [1.54, 1.807) is 0 Å². The lowest BCUT2D eigenvalue weighted by atomic mass is 9.99. The number of rotatable bonds is 3. The van der Waals surface area contributed by atoms with E-state index < -0.39 is 0 Å². The number of hydrogen-bond donors (Lipinski definition) is 0. The Bertz CT molecular complexity index is 631. The van der Waals surface area contributed by atoms with Crippen molar-refractivity contribution >= 4 is 0 Å². The molecule has 3 rings (SSSR count). The predicted molar refractivity (Wildman–Crippen MR) is 85.7 cm³/mol. The van der Waals surface area contributed by atoms with Gasteiger partial charge in [-0.2, -0.15) is 5.26 Å². The fourth-order valence-corrected chi connectivity index (χ4v) is 3.00. The molecule has 0 bridgehead atoms. The average Bonchev–Trinajstić information content (AvgIpc) is 2.56. The molecular weight excluding hydrogens is 256 g/mol. The average molecular weight is 276 g/mol. The number of likely N-dealkylation sites (tertiary alicyclic amines) is 1. The summed E-state index contributed by atoms with van der Waals surface area (Å²) < 4.78 is 0. The molecule has 2 heteroatoms. The van der Waals surface area contributed by atoms with Gasteiger partial charge >= 0.3 is 0 Å². The SMILES string of the molecule is N#Cc1ccccc1-c1ccc(CN2CCCCC2)cc1. The van der Waals surface area contributed by atoms with Gasteiger partial charge in [-0.05, 0) is 48.7 Å². The maximum Gasteiger partial charge on any atom is 0.0998 e. The van der Waals surface area contributed by atoms with E-state index in [-0.39, 0.29) is 0 Å². The molecule has 0 saturated carbocycles. The summed E-state index contributed by atoms with van der Waals surface area (Å²) in [5.41, 5.74) is 4.23. The summed E-state index contributed by atoms with van der Waals surface area (Å²) in [6, 6.07) is 18.7. The minimum atomic E-state index is 0.737. The van der Waals surface area contributed by atoms with Crippen molar-refractivity contribution in [2.24, 2.45) is 0 Å². The number of benzene rings is 2. The molecule has 0 spiro atoms. The van der Waals surface area contributed by atoms with Gasteiger partial charge in [-0.1, -0.05) is 48.9 Å². The zero-order valence-corrected chi connectivity index (χ0v) is 12.3. The van der Waals surface area contributed by atoms with Crippen LogP contribution in [0.1, 0.15) is 30.4 Å². The number of hydrogen-bond acceptors (Lipinski definition) is 2. The summed E-state index contributed by atoms with van der Waals surface area (Å²) in [4.78, 5) is 2.53. The van der Waals surface area contributed by atoms with Crippen LogP contribution in [-0.2, 0) is 6.54 Å². The molecule has 0 unspecified atom stereocenters. The van der Waals surface area contributed by atoms with E-state index in [0.29, 0.717) is 0 Å². The second-order valence-electron chi connectivity index (χ2n) is 5.69. The second-order valence-corrected chi connectivity index (χ2v) is 5.69. The van der Waals surface area contributed by atoms with Gasteiger partial charge in [-0.3, -0.25) is 4.90 Å².